The fraction of sp³-hybridized carbons (Fsp3) is 0.286. The van der Waals surface area contributed by atoms with Crippen molar-refractivity contribution >= 4 is 22.7 Å². The van der Waals surface area contributed by atoms with Crippen molar-refractivity contribution in [3.05, 3.63) is 60.0 Å². The Morgan fingerprint density at radius 1 is 1.25 bits per heavy atom. The van der Waals surface area contributed by atoms with Crippen LogP contribution >= 0.6 is 11.3 Å². The van der Waals surface area contributed by atoms with Gasteiger partial charge in [0, 0.05) is 48.8 Å². The van der Waals surface area contributed by atoms with Gasteiger partial charge in [-0.3, -0.25) is 4.98 Å². The molecular formula is C21H20N6S. The smallest absolute Gasteiger partial charge is 0.179 e. The summed E-state index contributed by atoms with van der Waals surface area (Å²) in [4.78, 5) is 11.9. The normalized spacial score (nSPS) is 22.5. The molecular weight excluding hydrogens is 368 g/mol. The van der Waals surface area contributed by atoms with Crippen LogP contribution in [0.5, 0.6) is 0 Å². The fourth-order valence-corrected chi connectivity index (χ4v) is 4.88. The molecule has 0 spiro atoms. The SMILES string of the molecule is N#CN1CC2C[C@]2(NCc2ncc(-c3ccncc3Nc3ccccc3)s2)C1. The average molecular weight is 389 g/mol. The molecule has 28 heavy (non-hydrogen) atoms. The molecule has 1 aliphatic heterocycles. The van der Waals surface area contributed by atoms with Crippen molar-refractivity contribution in [1.29, 1.82) is 5.26 Å². The topological polar surface area (TPSA) is 76.9 Å². The average Bonchev–Trinajstić information content (AvgIpc) is 3.07. The first kappa shape index (κ1) is 17.2. The van der Waals surface area contributed by atoms with Crippen molar-refractivity contribution in [2.24, 2.45) is 5.92 Å². The lowest BCUT2D eigenvalue weighted by molar-refractivity contribution is 0.390. The maximum Gasteiger partial charge on any atom is 0.179 e. The summed E-state index contributed by atoms with van der Waals surface area (Å²) in [7, 11) is 0. The Labute approximate surface area is 167 Å². The molecule has 6 nitrogen and oxygen atoms in total. The minimum atomic E-state index is 0.123. The van der Waals surface area contributed by atoms with E-state index in [9.17, 15) is 0 Å². The summed E-state index contributed by atoms with van der Waals surface area (Å²) in [5.41, 5.74) is 3.23. The van der Waals surface area contributed by atoms with Crippen LogP contribution in [0.3, 0.4) is 0 Å². The van der Waals surface area contributed by atoms with E-state index in [0.29, 0.717) is 5.92 Å². The van der Waals surface area contributed by atoms with Crippen LogP contribution in [0.25, 0.3) is 10.4 Å². The van der Waals surface area contributed by atoms with Crippen LogP contribution in [-0.2, 0) is 6.54 Å². The molecule has 1 unspecified atom stereocenters. The second-order valence-corrected chi connectivity index (χ2v) is 8.54. The third kappa shape index (κ3) is 3.21. The van der Waals surface area contributed by atoms with Crippen LogP contribution in [0.4, 0.5) is 11.4 Å². The molecule has 0 bridgehead atoms. The molecule has 1 aromatic carbocycles. The Morgan fingerprint density at radius 2 is 2.14 bits per heavy atom. The Hall–Kier alpha value is -2.95. The molecule has 2 aliphatic rings. The zero-order valence-corrected chi connectivity index (χ0v) is 16.1. The van der Waals surface area contributed by atoms with Crippen LogP contribution < -0.4 is 10.6 Å². The number of fused-ring (bicyclic) bond motifs is 1. The number of hydrogen-bond acceptors (Lipinski definition) is 7. The number of pyridine rings is 1. The molecule has 5 rings (SSSR count). The monoisotopic (exact) mass is 388 g/mol. The number of aromatic nitrogens is 2. The van der Waals surface area contributed by atoms with Gasteiger partial charge in [0.1, 0.15) is 5.01 Å². The summed E-state index contributed by atoms with van der Waals surface area (Å²) in [6, 6.07) is 12.1. The standard InChI is InChI=1S/C21H20N6S/c22-14-27-12-15-8-21(15,13-27)25-11-20-24-10-19(28-20)17-6-7-23-9-18(17)26-16-4-2-1-3-5-16/h1-7,9-10,15,25-26H,8,11-13H2/t15?,21-/m0/s1. The van der Waals surface area contributed by atoms with Gasteiger partial charge in [0.2, 0.25) is 0 Å². The molecule has 1 aliphatic carbocycles. The lowest BCUT2D eigenvalue weighted by Crippen LogP contribution is -2.36. The molecule has 3 heterocycles. The number of nitrogens with one attached hydrogen (secondary N) is 2. The van der Waals surface area contributed by atoms with Crippen molar-refractivity contribution in [2.75, 3.05) is 18.4 Å². The molecule has 0 radical (unpaired) electrons. The van der Waals surface area contributed by atoms with Crippen LogP contribution in [0.1, 0.15) is 11.4 Å². The van der Waals surface area contributed by atoms with Crippen molar-refractivity contribution in [1.82, 2.24) is 20.2 Å². The maximum atomic E-state index is 9.09. The quantitative estimate of drug-likeness (QED) is 0.629. The number of hydrogen-bond donors (Lipinski definition) is 2. The highest BCUT2D eigenvalue weighted by molar-refractivity contribution is 7.15. The van der Waals surface area contributed by atoms with E-state index >= 15 is 0 Å². The van der Waals surface area contributed by atoms with Gasteiger partial charge in [0.15, 0.2) is 6.19 Å². The third-order valence-corrected chi connectivity index (χ3v) is 6.60. The van der Waals surface area contributed by atoms with Gasteiger partial charge in [0.25, 0.3) is 0 Å². The number of rotatable bonds is 6. The number of likely N-dealkylation sites (tertiary alicyclic amines) is 1. The predicted molar refractivity (Wildman–Crippen MR) is 110 cm³/mol. The summed E-state index contributed by atoms with van der Waals surface area (Å²) >= 11 is 1.70. The molecule has 2 fully saturated rings. The number of anilines is 2. The molecule has 1 saturated heterocycles. The Bertz CT molecular complexity index is 1030. The Kier molecular flexibility index (Phi) is 4.23. The summed E-state index contributed by atoms with van der Waals surface area (Å²) in [5.74, 6) is 0.605. The number of piperidine rings is 1. The lowest BCUT2D eigenvalue weighted by atomic mass is 10.2. The summed E-state index contributed by atoms with van der Waals surface area (Å²) < 4.78 is 0. The van der Waals surface area contributed by atoms with Gasteiger partial charge >= 0.3 is 0 Å². The molecule has 0 amide bonds. The summed E-state index contributed by atoms with van der Waals surface area (Å²) in [6.07, 6.45) is 9.03. The highest BCUT2D eigenvalue weighted by Gasteiger charge is 2.59. The molecule has 2 atom stereocenters. The van der Waals surface area contributed by atoms with Gasteiger partial charge < -0.3 is 15.5 Å². The van der Waals surface area contributed by atoms with Crippen molar-refractivity contribution in [3.63, 3.8) is 0 Å². The van der Waals surface area contributed by atoms with Crippen LogP contribution in [0.2, 0.25) is 0 Å². The van der Waals surface area contributed by atoms with E-state index in [2.05, 4.69) is 26.8 Å². The van der Waals surface area contributed by atoms with Gasteiger partial charge in [-0.05, 0) is 30.5 Å². The van der Waals surface area contributed by atoms with E-state index in [4.69, 9.17) is 5.26 Å². The number of benzene rings is 1. The van der Waals surface area contributed by atoms with E-state index in [1.54, 1.807) is 11.3 Å². The molecule has 140 valence electrons. The molecule has 2 N–H and O–H groups in total. The van der Waals surface area contributed by atoms with E-state index < -0.39 is 0 Å². The number of thiazole rings is 1. The summed E-state index contributed by atoms with van der Waals surface area (Å²) in [6.45, 7) is 2.45. The predicted octanol–water partition coefficient (Wildman–Crippen LogP) is 3.59. The second-order valence-electron chi connectivity index (χ2n) is 7.42. The number of nitrogens with zero attached hydrogens (tertiary/aromatic N) is 4. The van der Waals surface area contributed by atoms with Crippen molar-refractivity contribution in [2.45, 2.75) is 18.5 Å². The minimum Gasteiger partial charge on any atom is -0.354 e. The maximum absolute atomic E-state index is 9.09. The molecule has 1 saturated carbocycles. The number of para-hydroxylation sites is 1. The van der Waals surface area contributed by atoms with Crippen molar-refractivity contribution < 1.29 is 0 Å². The van der Waals surface area contributed by atoms with Crippen LogP contribution in [0, 0.1) is 17.4 Å². The first-order valence-electron chi connectivity index (χ1n) is 9.37. The lowest BCUT2D eigenvalue weighted by Gasteiger charge is -2.16. The van der Waals surface area contributed by atoms with Crippen LogP contribution in [0.15, 0.2) is 55.0 Å². The van der Waals surface area contributed by atoms with Crippen molar-refractivity contribution in [3.8, 4) is 16.6 Å². The Morgan fingerprint density at radius 3 is 2.96 bits per heavy atom. The van der Waals surface area contributed by atoms with E-state index in [0.717, 1.165) is 46.5 Å². The fourth-order valence-electron chi connectivity index (χ4n) is 3.99. The second kappa shape index (κ2) is 6.89. The zero-order chi connectivity index (χ0) is 19.0. The Balaban J connectivity index is 1.30. The largest absolute Gasteiger partial charge is 0.354 e. The van der Waals surface area contributed by atoms with Gasteiger partial charge in [-0.25, -0.2) is 4.98 Å². The molecule has 2 aromatic heterocycles. The molecule has 3 aromatic rings. The third-order valence-electron chi connectivity index (χ3n) is 5.57. The highest BCUT2D eigenvalue weighted by atomic mass is 32.1. The van der Waals surface area contributed by atoms with Gasteiger partial charge in [0.05, 0.1) is 16.8 Å². The first-order chi connectivity index (χ1) is 13.8. The first-order valence-corrected chi connectivity index (χ1v) is 10.2. The van der Waals surface area contributed by atoms with Crippen LogP contribution in [-0.4, -0.2) is 33.5 Å². The minimum absolute atomic E-state index is 0.123. The van der Waals surface area contributed by atoms with Gasteiger partial charge in [-0.1, -0.05) is 18.2 Å². The summed E-state index contributed by atoms with van der Waals surface area (Å²) in [5, 5.41) is 17.3. The molecule has 7 heteroatoms. The van der Waals surface area contributed by atoms with E-state index in [-0.39, 0.29) is 5.54 Å². The van der Waals surface area contributed by atoms with E-state index in [1.165, 1.54) is 6.42 Å². The van der Waals surface area contributed by atoms with E-state index in [1.807, 2.05) is 59.9 Å². The highest BCUT2D eigenvalue weighted by Crippen LogP contribution is 2.49. The van der Waals surface area contributed by atoms with Gasteiger partial charge in [-0.2, -0.15) is 5.26 Å². The van der Waals surface area contributed by atoms with Gasteiger partial charge in [-0.15, -0.1) is 11.3 Å². The number of nitriles is 1. The zero-order valence-electron chi connectivity index (χ0n) is 15.3.